The van der Waals surface area contributed by atoms with Crippen molar-refractivity contribution in [1.82, 2.24) is 0 Å². The van der Waals surface area contributed by atoms with Crippen LogP contribution in [0.25, 0.3) is 0 Å². The van der Waals surface area contributed by atoms with Gasteiger partial charge in [0.25, 0.3) is 11.5 Å². The number of cyclic esters (lactones) is 2. The number of nitrogens with zero attached hydrogens (tertiary/aromatic N) is 1. The van der Waals surface area contributed by atoms with Crippen LogP contribution in [0, 0.1) is 10.1 Å². The topological polar surface area (TPSA) is 108 Å². The van der Waals surface area contributed by atoms with Gasteiger partial charge in [0, 0.05) is 31.1 Å². The number of hydrogen-bond donors (Lipinski definition) is 1. The summed E-state index contributed by atoms with van der Waals surface area (Å²) in [5.41, 5.74) is -0.641. The third-order valence-electron chi connectivity index (χ3n) is 2.65. The zero-order valence-electron chi connectivity index (χ0n) is 11.6. The maximum Gasteiger partial charge on any atom is 0.350 e. The second-order valence-corrected chi connectivity index (χ2v) is 5.24. The molecule has 1 N–H and O–H groups in total. The van der Waals surface area contributed by atoms with Crippen LogP contribution >= 0.6 is 11.6 Å². The zero-order chi connectivity index (χ0) is 16.5. The first kappa shape index (κ1) is 15.8. The van der Waals surface area contributed by atoms with Crippen molar-refractivity contribution in [1.29, 1.82) is 0 Å². The number of halogens is 1. The predicted molar refractivity (Wildman–Crippen MR) is 76.1 cm³/mol. The number of ether oxygens (including phenoxy) is 2. The fourth-order valence-electron chi connectivity index (χ4n) is 1.71. The highest BCUT2D eigenvalue weighted by Gasteiger charge is 2.39. The maximum atomic E-state index is 11.7. The molecule has 0 aliphatic carbocycles. The lowest BCUT2D eigenvalue weighted by molar-refractivity contribution is -0.383. The van der Waals surface area contributed by atoms with E-state index in [-0.39, 0.29) is 16.4 Å². The lowest BCUT2D eigenvalue weighted by Crippen LogP contribution is -2.42. The Morgan fingerprint density at radius 2 is 1.86 bits per heavy atom. The van der Waals surface area contributed by atoms with Gasteiger partial charge < -0.3 is 14.8 Å². The Balaban J connectivity index is 2.27. The Morgan fingerprint density at radius 3 is 2.41 bits per heavy atom. The molecule has 1 aromatic carbocycles. The van der Waals surface area contributed by atoms with Gasteiger partial charge in [-0.3, -0.25) is 10.1 Å². The fraction of sp³-hybridized carbons (Fsp3) is 0.231. The summed E-state index contributed by atoms with van der Waals surface area (Å²) >= 11 is 5.69. The van der Waals surface area contributed by atoms with Crippen molar-refractivity contribution in [2.24, 2.45) is 0 Å². The van der Waals surface area contributed by atoms with Gasteiger partial charge in [0.2, 0.25) is 0 Å². The first-order valence-corrected chi connectivity index (χ1v) is 6.45. The average molecular weight is 327 g/mol. The van der Waals surface area contributed by atoms with Crippen LogP contribution < -0.4 is 5.32 Å². The Morgan fingerprint density at radius 1 is 1.27 bits per heavy atom. The molecule has 0 atom stereocenters. The van der Waals surface area contributed by atoms with Crippen molar-refractivity contribution < 1.29 is 24.0 Å². The Kier molecular flexibility index (Phi) is 4.05. The molecular formula is C13H11ClN2O6. The highest BCUT2D eigenvalue weighted by molar-refractivity contribution is 6.30. The number of carbonyl (C=O) groups excluding carboxylic acids is 2. The first-order valence-electron chi connectivity index (χ1n) is 6.07. The molecule has 0 amide bonds. The molecule has 0 saturated carbocycles. The van der Waals surface area contributed by atoms with Crippen LogP contribution in [0.1, 0.15) is 13.8 Å². The molecule has 1 aromatic rings. The highest BCUT2D eigenvalue weighted by Crippen LogP contribution is 2.28. The van der Waals surface area contributed by atoms with Crippen LogP contribution in [-0.4, -0.2) is 22.6 Å². The minimum Gasteiger partial charge on any atom is -0.419 e. The summed E-state index contributed by atoms with van der Waals surface area (Å²) in [6.07, 6.45) is 0.996. The first-order chi connectivity index (χ1) is 10.2. The van der Waals surface area contributed by atoms with Gasteiger partial charge in [0.1, 0.15) is 5.69 Å². The Labute approximate surface area is 129 Å². The number of carbonyl (C=O) groups is 2. The van der Waals surface area contributed by atoms with Crippen LogP contribution in [0.2, 0.25) is 5.02 Å². The molecule has 1 saturated heterocycles. The summed E-state index contributed by atoms with van der Waals surface area (Å²) < 4.78 is 9.79. The molecule has 0 bridgehead atoms. The van der Waals surface area contributed by atoms with Gasteiger partial charge in [-0.15, -0.1) is 0 Å². The minimum atomic E-state index is -1.35. The van der Waals surface area contributed by atoms with Crippen LogP contribution in [0.4, 0.5) is 11.4 Å². The van der Waals surface area contributed by atoms with E-state index < -0.39 is 28.2 Å². The quantitative estimate of drug-likeness (QED) is 0.298. The van der Waals surface area contributed by atoms with Gasteiger partial charge in [0.15, 0.2) is 5.57 Å². The Hall–Kier alpha value is -2.61. The standard InChI is InChI=1S/C13H11ClN2O6/c1-13(2)21-11(17)8(12(18)22-13)6-15-9-4-3-7(14)5-10(9)16(19)20/h3-6,15H,1-2H3. The molecule has 0 aromatic heterocycles. The second kappa shape index (κ2) is 5.64. The van der Waals surface area contributed by atoms with E-state index >= 15 is 0 Å². The summed E-state index contributed by atoms with van der Waals surface area (Å²) in [4.78, 5) is 33.8. The number of nitro groups is 1. The summed E-state index contributed by atoms with van der Waals surface area (Å²) in [5.74, 6) is -3.12. The molecule has 1 fully saturated rings. The summed E-state index contributed by atoms with van der Waals surface area (Å²) in [6, 6.07) is 3.92. The van der Waals surface area contributed by atoms with Crippen molar-refractivity contribution >= 4 is 34.9 Å². The molecule has 116 valence electrons. The average Bonchev–Trinajstić information content (AvgIpc) is 2.37. The van der Waals surface area contributed by atoms with Crippen molar-refractivity contribution in [3.63, 3.8) is 0 Å². The van der Waals surface area contributed by atoms with E-state index in [1.165, 1.54) is 26.0 Å². The molecule has 8 nitrogen and oxygen atoms in total. The molecule has 2 rings (SSSR count). The minimum absolute atomic E-state index is 0.0623. The number of rotatable bonds is 3. The van der Waals surface area contributed by atoms with E-state index in [2.05, 4.69) is 5.32 Å². The number of anilines is 1. The van der Waals surface area contributed by atoms with E-state index in [1.807, 2.05) is 0 Å². The number of benzene rings is 1. The number of nitrogens with one attached hydrogen (secondary N) is 1. The van der Waals surface area contributed by atoms with E-state index in [9.17, 15) is 19.7 Å². The monoisotopic (exact) mass is 326 g/mol. The van der Waals surface area contributed by atoms with Gasteiger partial charge in [-0.1, -0.05) is 11.6 Å². The van der Waals surface area contributed by atoms with Gasteiger partial charge >= 0.3 is 11.9 Å². The summed E-state index contributed by atoms with van der Waals surface area (Å²) in [7, 11) is 0. The molecule has 22 heavy (non-hydrogen) atoms. The fourth-order valence-corrected chi connectivity index (χ4v) is 1.87. The van der Waals surface area contributed by atoms with Crippen LogP contribution in [0.5, 0.6) is 0 Å². The summed E-state index contributed by atoms with van der Waals surface area (Å²) in [5, 5.41) is 13.6. The predicted octanol–water partition coefficient (Wildman–Crippen LogP) is 2.38. The van der Waals surface area contributed by atoms with E-state index in [0.29, 0.717) is 0 Å². The van der Waals surface area contributed by atoms with Crippen LogP contribution in [-0.2, 0) is 19.1 Å². The molecular weight excluding hydrogens is 316 g/mol. The van der Waals surface area contributed by atoms with Crippen molar-refractivity contribution in [2.45, 2.75) is 19.6 Å². The molecule has 0 radical (unpaired) electrons. The highest BCUT2D eigenvalue weighted by atomic mass is 35.5. The SMILES string of the molecule is CC1(C)OC(=O)C(=CNc2ccc(Cl)cc2[N+](=O)[O-])C(=O)O1. The van der Waals surface area contributed by atoms with Crippen LogP contribution in [0.15, 0.2) is 30.0 Å². The van der Waals surface area contributed by atoms with Crippen molar-refractivity contribution in [2.75, 3.05) is 5.32 Å². The largest absolute Gasteiger partial charge is 0.419 e. The van der Waals surface area contributed by atoms with E-state index in [0.717, 1.165) is 12.3 Å². The molecule has 1 aliphatic rings. The third kappa shape index (κ3) is 3.34. The zero-order valence-corrected chi connectivity index (χ0v) is 12.3. The molecule has 1 aliphatic heterocycles. The molecule has 1 heterocycles. The summed E-state index contributed by atoms with van der Waals surface area (Å²) in [6.45, 7) is 2.83. The van der Waals surface area contributed by atoms with E-state index in [4.69, 9.17) is 21.1 Å². The Bertz CT molecular complexity index is 676. The third-order valence-corrected chi connectivity index (χ3v) is 2.88. The molecule has 0 unspecified atom stereocenters. The van der Waals surface area contributed by atoms with Gasteiger partial charge in [-0.05, 0) is 12.1 Å². The molecule has 9 heteroatoms. The second-order valence-electron chi connectivity index (χ2n) is 4.80. The maximum absolute atomic E-state index is 11.7. The van der Waals surface area contributed by atoms with Crippen molar-refractivity contribution in [3.8, 4) is 0 Å². The number of hydrogen-bond acceptors (Lipinski definition) is 7. The number of nitro benzene ring substituents is 1. The van der Waals surface area contributed by atoms with E-state index in [1.54, 1.807) is 0 Å². The van der Waals surface area contributed by atoms with Gasteiger partial charge in [-0.25, -0.2) is 9.59 Å². The van der Waals surface area contributed by atoms with Gasteiger partial charge in [-0.2, -0.15) is 0 Å². The normalized spacial score (nSPS) is 16.6. The van der Waals surface area contributed by atoms with Crippen molar-refractivity contribution in [3.05, 3.63) is 45.1 Å². The lowest BCUT2D eigenvalue weighted by Gasteiger charge is -2.29. The number of esters is 2. The molecule has 0 spiro atoms. The van der Waals surface area contributed by atoms with Crippen LogP contribution in [0.3, 0.4) is 0 Å². The lowest BCUT2D eigenvalue weighted by atomic mass is 10.2. The van der Waals surface area contributed by atoms with Gasteiger partial charge in [0.05, 0.1) is 4.92 Å². The smallest absolute Gasteiger partial charge is 0.350 e.